The van der Waals surface area contributed by atoms with E-state index >= 15 is 0 Å². The van der Waals surface area contributed by atoms with E-state index in [0.29, 0.717) is 13.0 Å². The Morgan fingerprint density at radius 2 is 2.24 bits per heavy atom. The number of β-amino-alcohol motifs (C(OH)–C–C–N with tert-alkyl or cyclic N) is 1. The summed E-state index contributed by atoms with van der Waals surface area (Å²) in [5.41, 5.74) is -0.854. The van der Waals surface area contributed by atoms with E-state index in [4.69, 9.17) is 0 Å². The van der Waals surface area contributed by atoms with Crippen LogP contribution < -0.4 is 5.32 Å². The number of aliphatic hydroxyl groups is 1. The van der Waals surface area contributed by atoms with Crippen molar-refractivity contribution in [3.05, 3.63) is 0 Å². The summed E-state index contributed by atoms with van der Waals surface area (Å²) in [5.74, 6) is 0.170. The molecule has 0 saturated carbocycles. The van der Waals surface area contributed by atoms with Crippen LogP contribution in [0.4, 0.5) is 0 Å². The second kappa shape index (κ2) is 4.84. The largest absolute Gasteiger partial charge is 0.389 e. The molecule has 2 saturated heterocycles. The third kappa shape index (κ3) is 3.40. The molecule has 6 heteroatoms. The van der Waals surface area contributed by atoms with Gasteiger partial charge in [-0.2, -0.15) is 4.31 Å². The summed E-state index contributed by atoms with van der Waals surface area (Å²) in [7, 11) is -3.22. The molecule has 0 aromatic carbocycles. The Bertz CT molecular complexity index is 361. The smallest absolute Gasteiger partial charge is 0.215 e. The van der Waals surface area contributed by atoms with Gasteiger partial charge in [-0.05, 0) is 32.7 Å². The molecule has 2 unspecified atom stereocenters. The van der Waals surface area contributed by atoms with Crippen LogP contribution in [0.15, 0.2) is 0 Å². The molecule has 17 heavy (non-hydrogen) atoms. The molecule has 2 rings (SSSR count). The van der Waals surface area contributed by atoms with Crippen molar-refractivity contribution < 1.29 is 13.5 Å². The second-order valence-electron chi connectivity index (χ2n) is 5.51. The summed E-state index contributed by atoms with van der Waals surface area (Å²) in [6, 6.07) is 0.0827. The summed E-state index contributed by atoms with van der Waals surface area (Å²) in [5, 5.41) is 13.1. The van der Waals surface area contributed by atoms with E-state index in [2.05, 4.69) is 5.32 Å². The minimum Gasteiger partial charge on any atom is -0.389 e. The van der Waals surface area contributed by atoms with Crippen LogP contribution in [0.25, 0.3) is 0 Å². The van der Waals surface area contributed by atoms with E-state index in [9.17, 15) is 13.5 Å². The zero-order valence-electron chi connectivity index (χ0n) is 10.4. The third-order valence-corrected chi connectivity index (χ3v) is 5.56. The maximum atomic E-state index is 12.2. The molecule has 0 aliphatic carbocycles. The molecule has 2 aliphatic heterocycles. The number of sulfonamides is 1. The van der Waals surface area contributed by atoms with Gasteiger partial charge < -0.3 is 10.4 Å². The van der Waals surface area contributed by atoms with Gasteiger partial charge in [0.1, 0.15) is 0 Å². The molecule has 0 bridgehead atoms. The highest BCUT2D eigenvalue weighted by Gasteiger charge is 2.38. The lowest BCUT2D eigenvalue weighted by Crippen LogP contribution is -2.44. The summed E-state index contributed by atoms with van der Waals surface area (Å²) in [6.45, 7) is 3.30. The molecule has 2 N–H and O–H groups in total. The normalized spacial score (nSPS) is 36.2. The monoisotopic (exact) mass is 262 g/mol. The first-order chi connectivity index (χ1) is 7.89. The molecule has 5 nitrogen and oxygen atoms in total. The van der Waals surface area contributed by atoms with E-state index in [-0.39, 0.29) is 18.3 Å². The average molecular weight is 262 g/mol. The van der Waals surface area contributed by atoms with Crippen molar-refractivity contribution in [3.8, 4) is 0 Å². The highest BCUT2D eigenvalue weighted by atomic mass is 32.2. The van der Waals surface area contributed by atoms with Crippen molar-refractivity contribution in [3.63, 3.8) is 0 Å². The van der Waals surface area contributed by atoms with Gasteiger partial charge in [0, 0.05) is 19.1 Å². The lowest BCUT2D eigenvalue weighted by molar-refractivity contribution is 0.0762. The van der Waals surface area contributed by atoms with Crippen molar-refractivity contribution >= 4 is 10.0 Å². The Balaban J connectivity index is 1.94. The highest BCUT2D eigenvalue weighted by molar-refractivity contribution is 7.89. The summed E-state index contributed by atoms with van der Waals surface area (Å²) < 4.78 is 25.8. The SMILES string of the molecule is CC1(O)CCN(S(=O)(=O)CC2CCCCN2)C1. The number of hydrogen-bond acceptors (Lipinski definition) is 4. The molecule has 100 valence electrons. The number of hydrogen-bond donors (Lipinski definition) is 2. The molecule has 2 aliphatic rings. The van der Waals surface area contributed by atoms with E-state index in [0.717, 1.165) is 25.8 Å². The van der Waals surface area contributed by atoms with Crippen molar-refractivity contribution in [2.45, 2.75) is 44.2 Å². The van der Waals surface area contributed by atoms with E-state index in [1.807, 2.05) is 0 Å². The van der Waals surface area contributed by atoms with Gasteiger partial charge in [-0.15, -0.1) is 0 Å². The van der Waals surface area contributed by atoms with Crippen LogP contribution in [0.5, 0.6) is 0 Å². The molecule has 0 radical (unpaired) electrons. The Labute approximate surface area is 103 Å². The van der Waals surface area contributed by atoms with E-state index in [1.165, 1.54) is 4.31 Å². The lowest BCUT2D eigenvalue weighted by Gasteiger charge is -2.26. The lowest BCUT2D eigenvalue weighted by atomic mass is 10.1. The van der Waals surface area contributed by atoms with Crippen LogP contribution in [0.1, 0.15) is 32.6 Å². The molecule has 2 heterocycles. The summed E-state index contributed by atoms with van der Waals surface area (Å²) in [4.78, 5) is 0. The predicted octanol–water partition coefficient (Wildman–Crippen LogP) is -0.0850. The minimum absolute atomic E-state index is 0.0827. The molecule has 2 atom stereocenters. The third-order valence-electron chi connectivity index (χ3n) is 3.63. The molecule has 0 spiro atoms. The van der Waals surface area contributed by atoms with Gasteiger partial charge in [0.25, 0.3) is 0 Å². The zero-order valence-corrected chi connectivity index (χ0v) is 11.2. The fourth-order valence-corrected chi connectivity index (χ4v) is 4.42. The van der Waals surface area contributed by atoms with Gasteiger partial charge in [0.15, 0.2) is 0 Å². The number of piperidine rings is 1. The van der Waals surface area contributed by atoms with Crippen LogP contribution in [-0.4, -0.2) is 54.9 Å². The van der Waals surface area contributed by atoms with Crippen LogP contribution in [0.2, 0.25) is 0 Å². The number of nitrogens with zero attached hydrogens (tertiary/aromatic N) is 1. The Morgan fingerprint density at radius 1 is 1.47 bits per heavy atom. The molecule has 0 aromatic rings. The molecular weight excluding hydrogens is 240 g/mol. The topological polar surface area (TPSA) is 69.6 Å². The molecule has 2 fully saturated rings. The first-order valence-electron chi connectivity index (χ1n) is 6.33. The van der Waals surface area contributed by atoms with Gasteiger partial charge in [-0.25, -0.2) is 8.42 Å². The standard InChI is InChI=1S/C11H22N2O3S/c1-11(14)5-7-13(9-11)17(15,16)8-10-4-2-3-6-12-10/h10,12,14H,2-9H2,1H3. The maximum absolute atomic E-state index is 12.2. The maximum Gasteiger partial charge on any atom is 0.215 e. The average Bonchev–Trinajstić information content (AvgIpc) is 2.60. The first-order valence-corrected chi connectivity index (χ1v) is 7.94. The molecule has 0 amide bonds. The minimum atomic E-state index is -3.22. The Morgan fingerprint density at radius 3 is 2.76 bits per heavy atom. The van der Waals surface area contributed by atoms with Crippen LogP contribution in [-0.2, 0) is 10.0 Å². The molecular formula is C11H22N2O3S. The van der Waals surface area contributed by atoms with Gasteiger partial charge in [0.05, 0.1) is 11.4 Å². The number of rotatable bonds is 3. The second-order valence-corrected chi connectivity index (χ2v) is 7.52. The van der Waals surface area contributed by atoms with Crippen molar-refractivity contribution in [1.29, 1.82) is 0 Å². The highest BCUT2D eigenvalue weighted by Crippen LogP contribution is 2.24. The summed E-state index contributed by atoms with van der Waals surface area (Å²) in [6.07, 6.45) is 3.70. The van der Waals surface area contributed by atoms with Crippen LogP contribution in [0.3, 0.4) is 0 Å². The van der Waals surface area contributed by atoms with E-state index in [1.54, 1.807) is 6.92 Å². The van der Waals surface area contributed by atoms with Crippen molar-refractivity contribution in [1.82, 2.24) is 9.62 Å². The quantitative estimate of drug-likeness (QED) is 0.746. The van der Waals surface area contributed by atoms with Crippen LogP contribution >= 0.6 is 0 Å². The van der Waals surface area contributed by atoms with Gasteiger partial charge in [0.2, 0.25) is 10.0 Å². The van der Waals surface area contributed by atoms with Crippen LogP contribution in [0, 0.1) is 0 Å². The van der Waals surface area contributed by atoms with Gasteiger partial charge >= 0.3 is 0 Å². The Kier molecular flexibility index (Phi) is 3.77. The van der Waals surface area contributed by atoms with Crippen molar-refractivity contribution in [2.75, 3.05) is 25.4 Å². The fraction of sp³-hybridized carbons (Fsp3) is 1.00. The molecule has 0 aromatic heterocycles. The van der Waals surface area contributed by atoms with Crippen molar-refractivity contribution in [2.24, 2.45) is 0 Å². The first kappa shape index (κ1) is 13.3. The van der Waals surface area contributed by atoms with Gasteiger partial charge in [-0.1, -0.05) is 6.42 Å². The fourth-order valence-electron chi connectivity index (χ4n) is 2.57. The predicted molar refractivity (Wildman–Crippen MR) is 66.2 cm³/mol. The van der Waals surface area contributed by atoms with E-state index < -0.39 is 15.6 Å². The number of nitrogens with one attached hydrogen (secondary N) is 1. The zero-order chi connectivity index (χ0) is 12.5. The summed E-state index contributed by atoms with van der Waals surface area (Å²) >= 11 is 0. The Hall–Kier alpha value is -0.170. The van der Waals surface area contributed by atoms with Gasteiger partial charge in [-0.3, -0.25) is 0 Å².